The van der Waals surface area contributed by atoms with Crippen LogP contribution in [0, 0.1) is 0 Å². The number of hydrogen-bond acceptors (Lipinski definition) is 5. The summed E-state index contributed by atoms with van der Waals surface area (Å²) in [6.45, 7) is 0. The lowest BCUT2D eigenvalue weighted by Crippen LogP contribution is -2.12. The van der Waals surface area contributed by atoms with Gasteiger partial charge in [0.15, 0.2) is 5.82 Å². The van der Waals surface area contributed by atoms with E-state index in [4.69, 9.17) is 9.26 Å². The molecule has 25 heavy (non-hydrogen) atoms. The number of carbonyl (C=O) groups is 1. The summed E-state index contributed by atoms with van der Waals surface area (Å²) in [6.07, 6.45) is 1.30. The van der Waals surface area contributed by atoms with Crippen molar-refractivity contribution in [3.8, 4) is 5.75 Å². The van der Waals surface area contributed by atoms with Crippen LogP contribution in [0.15, 0.2) is 59.1 Å². The van der Waals surface area contributed by atoms with Crippen LogP contribution in [0.5, 0.6) is 5.75 Å². The Labute approximate surface area is 145 Å². The number of rotatable bonds is 7. The van der Waals surface area contributed by atoms with Crippen molar-refractivity contribution in [3.63, 3.8) is 0 Å². The Bertz CT molecular complexity index is 813. The van der Waals surface area contributed by atoms with Gasteiger partial charge in [-0.05, 0) is 29.8 Å². The van der Waals surface area contributed by atoms with Gasteiger partial charge in [0.2, 0.25) is 11.8 Å². The minimum absolute atomic E-state index is 0.104. The predicted octanol–water partition coefficient (Wildman–Crippen LogP) is 3.24. The van der Waals surface area contributed by atoms with E-state index < -0.39 is 0 Å². The molecule has 0 radical (unpaired) electrons. The van der Waals surface area contributed by atoms with Crippen molar-refractivity contribution in [2.24, 2.45) is 0 Å². The van der Waals surface area contributed by atoms with E-state index in [1.807, 2.05) is 30.3 Å². The zero-order valence-electron chi connectivity index (χ0n) is 13.9. The normalized spacial score (nSPS) is 10.4. The fraction of sp³-hybridized carbons (Fsp3) is 0.211. The first-order valence-corrected chi connectivity index (χ1v) is 8.02. The minimum atomic E-state index is -0.104. The summed E-state index contributed by atoms with van der Waals surface area (Å²) in [7, 11) is 1.60. The van der Waals surface area contributed by atoms with Crippen LogP contribution < -0.4 is 10.1 Å². The highest BCUT2D eigenvalue weighted by Gasteiger charge is 2.10. The number of benzene rings is 2. The second kappa shape index (κ2) is 8.10. The number of methoxy groups -OCH3 is 1. The Morgan fingerprint density at radius 1 is 1.12 bits per heavy atom. The molecule has 2 aromatic carbocycles. The summed E-state index contributed by atoms with van der Waals surface area (Å²) >= 11 is 0. The quantitative estimate of drug-likeness (QED) is 0.716. The highest BCUT2D eigenvalue weighted by atomic mass is 16.5. The van der Waals surface area contributed by atoms with E-state index in [0.717, 1.165) is 17.0 Å². The first-order valence-electron chi connectivity index (χ1n) is 8.02. The molecule has 1 aromatic heterocycles. The van der Waals surface area contributed by atoms with Gasteiger partial charge in [0, 0.05) is 24.9 Å². The number of nitrogens with zero attached hydrogens (tertiary/aromatic N) is 2. The molecule has 6 heteroatoms. The average Bonchev–Trinajstić information content (AvgIpc) is 3.09. The van der Waals surface area contributed by atoms with Gasteiger partial charge in [-0.2, -0.15) is 4.98 Å². The summed E-state index contributed by atoms with van der Waals surface area (Å²) in [6, 6.07) is 17.1. The van der Waals surface area contributed by atoms with Gasteiger partial charge in [-0.3, -0.25) is 4.79 Å². The van der Waals surface area contributed by atoms with Crippen LogP contribution >= 0.6 is 0 Å². The first-order chi connectivity index (χ1) is 12.2. The van der Waals surface area contributed by atoms with Crippen molar-refractivity contribution in [2.75, 3.05) is 12.4 Å². The second-order valence-corrected chi connectivity index (χ2v) is 5.54. The molecular formula is C19H19N3O3. The molecular weight excluding hydrogens is 318 g/mol. The van der Waals surface area contributed by atoms with E-state index in [9.17, 15) is 4.79 Å². The van der Waals surface area contributed by atoms with E-state index in [2.05, 4.69) is 15.5 Å². The largest absolute Gasteiger partial charge is 0.497 e. The predicted molar refractivity (Wildman–Crippen MR) is 93.5 cm³/mol. The molecule has 0 aliphatic heterocycles. The van der Waals surface area contributed by atoms with Crippen LogP contribution in [0.3, 0.4) is 0 Å². The summed E-state index contributed by atoms with van der Waals surface area (Å²) in [4.78, 5) is 16.3. The first kappa shape index (κ1) is 16.7. The third-order valence-electron chi connectivity index (χ3n) is 3.65. The molecule has 0 fully saturated rings. The number of aromatic nitrogens is 2. The summed E-state index contributed by atoms with van der Waals surface area (Å²) < 4.78 is 10.3. The van der Waals surface area contributed by atoms with Crippen molar-refractivity contribution in [1.82, 2.24) is 10.1 Å². The second-order valence-electron chi connectivity index (χ2n) is 5.54. The molecule has 1 amide bonds. The standard InChI is InChI=1S/C19H19N3O3/c1-24-16-9-7-15(8-10-16)20-18(23)11-12-19-21-17(22-25-19)13-14-5-3-2-4-6-14/h2-10H,11-13H2,1H3,(H,20,23). The number of anilines is 1. The molecule has 0 aliphatic carbocycles. The molecule has 0 aliphatic rings. The summed E-state index contributed by atoms with van der Waals surface area (Å²) in [5, 5.41) is 6.79. The van der Waals surface area contributed by atoms with Crippen LogP contribution in [0.25, 0.3) is 0 Å². The summed E-state index contributed by atoms with van der Waals surface area (Å²) in [5.41, 5.74) is 1.84. The number of hydrogen-bond donors (Lipinski definition) is 1. The third-order valence-corrected chi connectivity index (χ3v) is 3.65. The number of ether oxygens (including phenoxy) is 1. The molecule has 0 saturated carbocycles. The van der Waals surface area contributed by atoms with E-state index in [0.29, 0.717) is 24.6 Å². The van der Waals surface area contributed by atoms with Crippen molar-refractivity contribution < 1.29 is 14.1 Å². The van der Waals surface area contributed by atoms with Gasteiger partial charge in [-0.15, -0.1) is 0 Å². The lowest BCUT2D eigenvalue weighted by atomic mass is 10.1. The zero-order chi connectivity index (χ0) is 17.5. The lowest BCUT2D eigenvalue weighted by molar-refractivity contribution is -0.116. The smallest absolute Gasteiger partial charge is 0.227 e. The van der Waals surface area contributed by atoms with E-state index in [-0.39, 0.29) is 12.3 Å². The maximum Gasteiger partial charge on any atom is 0.227 e. The number of carbonyl (C=O) groups excluding carboxylic acids is 1. The van der Waals surface area contributed by atoms with E-state index >= 15 is 0 Å². The monoisotopic (exact) mass is 337 g/mol. The molecule has 6 nitrogen and oxygen atoms in total. The van der Waals surface area contributed by atoms with Crippen molar-refractivity contribution in [1.29, 1.82) is 0 Å². The van der Waals surface area contributed by atoms with Crippen LogP contribution in [-0.4, -0.2) is 23.2 Å². The molecule has 0 bridgehead atoms. The molecule has 3 rings (SSSR count). The van der Waals surface area contributed by atoms with Gasteiger partial charge in [-0.25, -0.2) is 0 Å². The maximum atomic E-state index is 12.0. The van der Waals surface area contributed by atoms with Gasteiger partial charge in [0.1, 0.15) is 5.75 Å². The number of nitrogens with one attached hydrogen (secondary N) is 1. The van der Waals surface area contributed by atoms with Crippen LogP contribution in [0.4, 0.5) is 5.69 Å². The Balaban J connectivity index is 1.48. The molecule has 128 valence electrons. The highest BCUT2D eigenvalue weighted by Crippen LogP contribution is 2.15. The molecule has 1 heterocycles. The van der Waals surface area contributed by atoms with Gasteiger partial charge in [0.25, 0.3) is 0 Å². The fourth-order valence-electron chi connectivity index (χ4n) is 2.36. The molecule has 3 aromatic rings. The average molecular weight is 337 g/mol. The summed E-state index contributed by atoms with van der Waals surface area (Å²) in [5.74, 6) is 1.73. The van der Waals surface area contributed by atoms with Gasteiger partial charge in [0.05, 0.1) is 7.11 Å². The third kappa shape index (κ3) is 4.91. The SMILES string of the molecule is COc1ccc(NC(=O)CCc2nc(Cc3ccccc3)no2)cc1. The maximum absolute atomic E-state index is 12.0. The molecule has 0 unspecified atom stereocenters. The van der Waals surface area contributed by atoms with Crippen molar-refractivity contribution >= 4 is 11.6 Å². The van der Waals surface area contributed by atoms with Crippen LogP contribution in [0.2, 0.25) is 0 Å². The Kier molecular flexibility index (Phi) is 5.41. The molecule has 0 saturated heterocycles. The number of aryl methyl sites for hydroxylation is 1. The van der Waals surface area contributed by atoms with Crippen LogP contribution in [0.1, 0.15) is 23.7 Å². The van der Waals surface area contributed by atoms with Crippen molar-refractivity contribution in [3.05, 3.63) is 71.9 Å². The van der Waals surface area contributed by atoms with Crippen molar-refractivity contribution in [2.45, 2.75) is 19.3 Å². The Morgan fingerprint density at radius 2 is 1.88 bits per heavy atom. The van der Waals surface area contributed by atoms with Gasteiger partial charge < -0.3 is 14.6 Å². The Hall–Kier alpha value is -3.15. The van der Waals surface area contributed by atoms with E-state index in [1.54, 1.807) is 31.4 Å². The van der Waals surface area contributed by atoms with Crippen LogP contribution in [-0.2, 0) is 17.6 Å². The minimum Gasteiger partial charge on any atom is -0.497 e. The Morgan fingerprint density at radius 3 is 2.60 bits per heavy atom. The van der Waals surface area contributed by atoms with Gasteiger partial charge >= 0.3 is 0 Å². The van der Waals surface area contributed by atoms with Gasteiger partial charge in [-0.1, -0.05) is 35.5 Å². The zero-order valence-corrected chi connectivity index (χ0v) is 13.9. The molecule has 0 spiro atoms. The highest BCUT2D eigenvalue weighted by molar-refractivity contribution is 5.90. The van der Waals surface area contributed by atoms with E-state index in [1.165, 1.54) is 0 Å². The topological polar surface area (TPSA) is 77.2 Å². The molecule has 0 atom stereocenters. The number of amides is 1. The molecule has 1 N–H and O–H groups in total. The fourth-order valence-corrected chi connectivity index (χ4v) is 2.36. The lowest BCUT2D eigenvalue weighted by Gasteiger charge is -2.05.